The molecule has 2 atom stereocenters. The van der Waals surface area contributed by atoms with Crippen molar-refractivity contribution >= 4 is 41.0 Å². The van der Waals surface area contributed by atoms with Gasteiger partial charge in [0.15, 0.2) is 0 Å². The number of carbonyl (C=O) groups excluding carboxylic acids is 4. The second kappa shape index (κ2) is 16.5. The summed E-state index contributed by atoms with van der Waals surface area (Å²) < 4.78 is 17.8. The maximum atomic E-state index is 13.6. The number of hydrogen-bond donors (Lipinski definition) is 0. The van der Waals surface area contributed by atoms with Crippen LogP contribution in [0.2, 0.25) is 5.02 Å². The molecule has 0 saturated heterocycles. The summed E-state index contributed by atoms with van der Waals surface area (Å²) in [6, 6.07) is 18.7. The normalized spacial score (nSPS) is 15.7. The summed E-state index contributed by atoms with van der Waals surface area (Å²) >= 11 is 6.22. The van der Waals surface area contributed by atoms with E-state index in [1.54, 1.807) is 32.0 Å². The molecule has 1 saturated carbocycles. The van der Waals surface area contributed by atoms with Crippen molar-refractivity contribution in [3.05, 3.63) is 100 Å². The predicted octanol–water partition coefficient (Wildman–Crippen LogP) is 6.44. The van der Waals surface area contributed by atoms with Gasteiger partial charge in [-0.15, -0.1) is 0 Å². The third-order valence-corrected chi connectivity index (χ3v) is 9.81. The molecule has 4 aromatic rings. The molecule has 0 bridgehead atoms. The second-order valence-electron chi connectivity index (χ2n) is 13.1. The fourth-order valence-corrected chi connectivity index (χ4v) is 6.94. The number of nitrogens with zero attached hydrogens (tertiary/aromatic N) is 4. The number of anilines is 1. The molecule has 6 rings (SSSR count). The van der Waals surface area contributed by atoms with Gasteiger partial charge in [-0.05, 0) is 92.5 Å². The SMILES string of the molecule is CCOC(=O)CN(CC(=O)OCC)C(=O)c1cccc(Cn2cc(-c3cccc4c3[C@H]3C[C@H]3CN4C(=O)CCCOc3cccc(Cl)c3C)cn2)c1. The number of hydrogen-bond acceptors (Lipinski definition) is 8. The number of fused-ring (bicyclic) bond motifs is 3. The largest absolute Gasteiger partial charge is 0.493 e. The van der Waals surface area contributed by atoms with E-state index in [1.165, 1.54) is 5.56 Å². The third-order valence-electron chi connectivity index (χ3n) is 9.40. The lowest BCUT2D eigenvalue weighted by Crippen LogP contribution is -2.40. The highest BCUT2D eigenvalue weighted by Crippen LogP contribution is 2.57. The van der Waals surface area contributed by atoms with E-state index in [0.717, 1.165) is 51.6 Å². The van der Waals surface area contributed by atoms with Crippen LogP contribution in [-0.2, 0) is 30.4 Å². The van der Waals surface area contributed by atoms with Crippen molar-refractivity contribution in [1.29, 1.82) is 0 Å². The van der Waals surface area contributed by atoms with Crippen LogP contribution in [0.3, 0.4) is 0 Å². The molecule has 2 amide bonds. The van der Waals surface area contributed by atoms with Gasteiger partial charge in [0.1, 0.15) is 18.8 Å². The van der Waals surface area contributed by atoms with E-state index in [4.69, 9.17) is 25.8 Å². The summed E-state index contributed by atoms with van der Waals surface area (Å²) in [5.41, 5.74) is 6.19. The molecule has 1 aliphatic heterocycles. The van der Waals surface area contributed by atoms with Crippen LogP contribution < -0.4 is 9.64 Å². The average Bonchev–Trinajstić information content (AvgIpc) is 3.78. The summed E-state index contributed by atoms with van der Waals surface area (Å²) in [5, 5.41) is 5.30. The molecule has 2 aliphatic rings. The van der Waals surface area contributed by atoms with Crippen molar-refractivity contribution in [3.63, 3.8) is 0 Å². The first-order valence-electron chi connectivity index (χ1n) is 17.7. The van der Waals surface area contributed by atoms with Gasteiger partial charge in [0.2, 0.25) is 5.91 Å². The van der Waals surface area contributed by atoms with Crippen molar-refractivity contribution in [2.24, 2.45) is 5.92 Å². The van der Waals surface area contributed by atoms with Crippen LogP contribution >= 0.6 is 11.6 Å². The third kappa shape index (κ3) is 8.48. The highest BCUT2D eigenvalue weighted by molar-refractivity contribution is 6.31. The number of benzene rings is 3. The van der Waals surface area contributed by atoms with Crippen LogP contribution in [-0.4, -0.2) is 77.9 Å². The number of amides is 2. The minimum absolute atomic E-state index is 0.0865. The van der Waals surface area contributed by atoms with E-state index < -0.39 is 17.8 Å². The zero-order valence-electron chi connectivity index (χ0n) is 29.7. The number of aromatic nitrogens is 2. The standard InChI is InChI=1S/C40H43ClN4O7/c1-4-50-37(47)24-43(25-38(48)51-5-2)40(49)28-11-6-10-27(18-28)21-44-22-30(20-42-44)31-12-7-14-34-39(31)32-19-29(32)23-45(34)36(46)16-9-17-52-35-15-8-13-33(41)26(35)3/h6-8,10-15,18,20,22,29,32H,4-5,9,16-17,19,21,23-25H2,1-3H3/t29-,32-/m0/s1. The number of halogens is 1. The first-order valence-corrected chi connectivity index (χ1v) is 18.1. The minimum atomic E-state index is -0.608. The monoisotopic (exact) mass is 726 g/mol. The smallest absolute Gasteiger partial charge is 0.325 e. The maximum absolute atomic E-state index is 13.6. The summed E-state index contributed by atoms with van der Waals surface area (Å²) in [7, 11) is 0. The summed E-state index contributed by atoms with van der Waals surface area (Å²) in [4.78, 5) is 54.6. The zero-order chi connectivity index (χ0) is 36.8. The molecule has 1 aromatic heterocycles. The van der Waals surface area contributed by atoms with Crippen LogP contribution in [0.4, 0.5) is 5.69 Å². The molecule has 272 valence electrons. The van der Waals surface area contributed by atoms with Crippen molar-refractivity contribution in [1.82, 2.24) is 14.7 Å². The fraction of sp³-hybridized carbons (Fsp3) is 0.375. The quantitative estimate of drug-likeness (QED) is 0.101. The Labute approximate surface area is 308 Å². The van der Waals surface area contributed by atoms with E-state index in [0.29, 0.717) is 48.4 Å². The van der Waals surface area contributed by atoms with E-state index in [1.807, 2.05) is 65.3 Å². The number of ether oxygens (including phenoxy) is 3. The Bertz CT molecular complexity index is 1940. The summed E-state index contributed by atoms with van der Waals surface area (Å²) in [5.74, 6) is -0.0383. The first kappa shape index (κ1) is 36.6. The van der Waals surface area contributed by atoms with Gasteiger partial charge in [0.25, 0.3) is 5.91 Å². The van der Waals surface area contributed by atoms with E-state index in [-0.39, 0.29) is 32.2 Å². The Balaban J connectivity index is 1.13. The minimum Gasteiger partial charge on any atom is -0.493 e. The second-order valence-corrected chi connectivity index (χ2v) is 13.5. The Morgan fingerprint density at radius 2 is 1.69 bits per heavy atom. The molecule has 0 N–H and O–H groups in total. The molecule has 2 heterocycles. The highest BCUT2D eigenvalue weighted by atomic mass is 35.5. The van der Waals surface area contributed by atoms with Crippen LogP contribution in [0.1, 0.15) is 66.1 Å². The van der Waals surface area contributed by atoms with E-state index in [2.05, 4.69) is 11.2 Å². The summed E-state index contributed by atoms with van der Waals surface area (Å²) in [6.45, 7) is 6.38. The lowest BCUT2D eigenvalue weighted by molar-refractivity contribution is -0.147. The molecule has 12 heteroatoms. The van der Waals surface area contributed by atoms with Crippen LogP contribution in [0.5, 0.6) is 5.75 Å². The Morgan fingerprint density at radius 3 is 2.44 bits per heavy atom. The van der Waals surface area contributed by atoms with Crippen molar-refractivity contribution in [2.75, 3.05) is 44.4 Å². The Kier molecular flexibility index (Phi) is 11.6. The lowest BCUT2D eigenvalue weighted by atomic mass is 9.92. The van der Waals surface area contributed by atoms with Gasteiger partial charge in [0.05, 0.1) is 32.6 Å². The van der Waals surface area contributed by atoms with Crippen molar-refractivity contribution in [3.8, 4) is 16.9 Å². The number of esters is 2. The topological polar surface area (TPSA) is 120 Å². The Morgan fingerprint density at radius 1 is 0.962 bits per heavy atom. The molecule has 11 nitrogen and oxygen atoms in total. The maximum Gasteiger partial charge on any atom is 0.325 e. The van der Waals surface area contributed by atoms with Gasteiger partial charge in [-0.3, -0.25) is 23.9 Å². The zero-order valence-corrected chi connectivity index (χ0v) is 30.4. The van der Waals surface area contributed by atoms with Gasteiger partial charge in [-0.1, -0.05) is 41.9 Å². The molecule has 0 radical (unpaired) electrons. The average molecular weight is 727 g/mol. The van der Waals surface area contributed by atoms with E-state index in [9.17, 15) is 19.2 Å². The van der Waals surface area contributed by atoms with Gasteiger partial charge < -0.3 is 24.0 Å². The van der Waals surface area contributed by atoms with Gasteiger partial charge in [-0.2, -0.15) is 5.10 Å². The molecule has 1 aliphatic carbocycles. The lowest BCUT2D eigenvalue weighted by Gasteiger charge is -2.30. The summed E-state index contributed by atoms with van der Waals surface area (Å²) in [6.07, 6.45) is 5.83. The molecular formula is C40H43ClN4O7. The van der Waals surface area contributed by atoms with Gasteiger partial charge in [0, 0.05) is 46.6 Å². The molecular weight excluding hydrogens is 684 g/mol. The van der Waals surface area contributed by atoms with Gasteiger partial charge in [-0.25, -0.2) is 0 Å². The van der Waals surface area contributed by atoms with Crippen molar-refractivity contribution in [2.45, 2.75) is 52.5 Å². The fourth-order valence-electron chi connectivity index (χ4n) is 6.77. The van der Waals surface area contributed by atoms with Gasteiger partial charge >= 0.3 is 11.9 Å². The number of rotatable bonds is 15. The molecule has 0 spiro atoms. The Hall–Kier alpha value is -5.16. The molecule has 52 heavy (non-hydrogen) atoms. The van der Waals surface area contributed by atoms with Crippen LogP contribution in [0.25, 0.3) is 11.1 Å². The van der Waals surface area contributed by atoms with Crippen LogP contribution in [0, 0.1) is 12.8 Å². The molecule has 1 fully saturated rings. The van der Waals surface area contributed by atoms with Crippen molar-refractivity contribution < 1.29 is 33.4 Å². The molecule has 3 aromatic carbocycles. The first-order chi connectivity index (χ1) is 25.2. The molecule has 0 unspecified atom stereocenters. The number of carbonyl (C=O) groups is 4. The predicted molar refractivity (Wildman–Crippen MR) is 196 cm³/mol. The highest BCUT2D eigenvalue weighted by Gasteiger charge is 2.47. The van der Waals surface area contributed by atoms with Crippen LogP contribution in [0.15, 0.2) is 73.1 Å². The van der Waals surface area contributed by atoms with E-state index >= 15 is 0 Å².